The van der Waals surface area contributed by atoms with Crippen molar-refractivity contribution in [2.75, 3.05) is 13.7 Å². The summed E-state index contributed by atoms with van der Waals surface area (Å²) in [6.07, 6.45) is 2.27. The lowest BCUT2D eigenvalue weighted by atomic mass is 10.2. The van der Waals surface area contributed by atoms with Crippen molar-refractivity contribution in [2.24, 2.45) is 0 Å². The first-order valence-corrected chi connectivity index (χ1v) is 4.59. The van der Waals surface area contributed by atoms with Gasteiger partial charge in [-0.2, -0.15) is 0 Å². The van der Waals surface area contributed by atoms with Crippen LogP contribution in [0, 0.1) is 0 Å². The van der Waals surface area contributed by atoms with Crippen LogP contribution in [0.25, 0.3) is 0 Å². The van der Waals surface area contributed by atoms with Gasteiger partial charge in [0, 0.05) is 6.61 Å². The molecule has 0 N–H and O–H groups in total. The highest BCUT2D eigenvalue weighted by Gasteiger charge is 2.21. The molecular formula is C9H16O4. The Bertz CT molecular complexity index is 163. The van der Waals surface area contributed by atoms with E-state index in [-0.39, 0.29) is 12.3 Å². The van der Waals surface area contributed by atoms with Gasteiger partial charge < -0.3 is 14.2 Å². The third-order valence-electron chi connectivity index (χ3n) is 2.03. The average molecular weight is 188 g/mol. The second kappa shape index (κ2) is 5.19. The van der Waals surface area contributed by atoms with Gasteiger partial charge in [0.05, 0.1) is 7.11 Å². The van der Waals surface area contributed by atoms with E-state index in [1.807, 2.05) is 0 Å². The fourth-order valence-electron chi connectivity index (χ4n) is 1.27. The fourth-order valence-corrected chi connectivity index (χ4v) is 1.27. The number of hydrogen-bond acceptors (Lipinski definition) is 4. The van der Waals surface area contributed by atoms with Crippen LogP contribution in [-0.4, -0.2) is 32.1 Å². The molecule has 0 spiro atoms. The van der Waals surface area contributed by atoms with Gasteiger partial charge >= 0.3 is 5.97 Å². The molecule has 0 bridgehead atoms. The van der Waals surface area contributed by atoms with Crippen LogP contribution in [0.1, 0.15) is 26.2 Å². The van der Waals surface area contributed by atoms with Gasteiger partial charge in [-0.05, 0) is 26.2 Å². The highest BCUT2D eigenvalue weighted by Crippen LogP contribution is 2.15. The minimum Gasteiger partial charge on any atom is -0.467 e. The van der Waals surface area contributed by atoms with Crippen molar-refractivity contribution in [1.82, 2.24) is 0 Å². The zero-order valence-electron chi connectivity index (χ0n) is 8.12. The maximum absolute atomic E-state index is 11.0. The van der Waals surface area contributed by atoms with E-state index in [1.54, 1.807) is 6.92 Å². The van der Waals surface area contributed by atoms with Crippen LogP contribution in [0.5, 0.6) is 0 Å². The minimum absolute atomic E-state index is 0.233. The molecule has 0 aliphatic carbocycles. The summed E-state index contributed by atoms with van der Waals surface area (Å²) in [6, 6.07) is 0. The molecule has 76 valence electrons. The molecule has 0 aromatic heterocycles. The molecule has 0 radical (unpaired) electrons. The Labute approximate surface area is 78.2 Å². The summed E-state index contributed by atoms with van der Waals surface area (Å²) in [5, 5.41) is 0. The minimum atomic E-state index is -0.534. The van der Waals surface area contributed by atoms with E-state index in [1.165, 1.54) is 7.11 Å². The van der Waals surface area contributed by atoms with Gasteiger partial charge in [0.2, 0.25) is 0 Å². The first-order valence-electron chi connectivity index (χ1n) is 4.59. The maximum Gasteiger partial charge on any atom is 0.334 e. The molecule has 1 aliphatic heterocycles. The molecule has 0 aromatic rings. The van der Waals surface area contributed by atoms with Crippen LogP contribution >= 0.6 is 0 Å². The molecule has 0 aromatic carbocycles. The highest BCUT2D eigenvalue weighted by atomic mass is 16.7. The van der Waals surface area contributed by atoms with E-state index < -0.39 is 6.10 Å². The highest BCUT2D eigenvalue weighted by molar-refractivity contribution is 5.73. The van der Waals surface area contributed by atoms with E-state index in [4.69, 9.17) is 9.47 Å². The van der Waals surface area contributed by atoms with Crippen molar-refractivity contribution in [3.05, 3.63) is 0 Å². The Kier molecular flexibility index (Phi) is 4.18. The molecule has 2 atom stereocenters. The average Bonchev–Trinajstić information content (AvgIpc) is 2.18. The Hall–Kier alpha value is -0.610. The third kappa shape index (κ3) is 3.32. The first-order chi connectivity index (χ1) is 6.24. The SMILES string of the molecule is COC(=O)[C@@H](C)OC1CCCCO1. The molecule has 1 fully saturated rings. The van der Waals surface area contributed by atoms with Gasteiger partial charge in [-0.25, -0.2) is 4.79 Å². The molecule has 0 saturated carbocycles. The number of carbonyl (C=O) groups is 1. The van der Waals surface area contributed by atoms with E-state index in [9.17, 15) is 4.79 Å². The smallest absolute Gasteiger partial charge is 0.334 e. The second-order valence-corrected chi connectivity index (χ2v) is 3.10. The number of esters is 1. The normalized spacial score (nSPS) is 25.2. The quantitative estimate of drug-likeness (QED) is 0.622. The largest absolute Gasteiger partial charge is 0.467 e. The number of ether oxygens (including phenoxy) is 3. The van der Waals surface area contributed by atoms with Gasteiger partial charge in [-0.1, -0.05) is 0 Å². The second-order valence-electron chi connectivity index (χ2n) is 3.10. The standard InChI is InChI=1S/C9H16O4/c1-7(9(10)11-2)13-8-5-3-4-6-12-8/h7-8H,3-6H2,1-2H3/t7-,8?/m1/s1. The molecule has 4 heteroatoms. The van der Waals surface area contributed by atoms with Gasteiger partial charge in [0.15, 0.2) is 12.4 Å². The Morgan fingerprint density at radius 1 is 1.54 bits per heavy atom. The van der Waals surface area contributed by atoms with Crippen molar-refractivity contribution < 1.29 is 19.0 Å². The zero-order chi connectivity index (χ0) is 9.68. The van der Waals surface area contributed by atoms with Crippen molar-refractivity contribution in [2.45, 2.75) is 38.6 Å². The molecule has 1 saturated heterocycles. The maximum atomic E-state index is 11.0. The lowest BCUT2D eigenvalue weighted by Crippen LogP contribution is -2.31. The van der Waals surface area contributed by atoms with Gasteiger partial charge in [0.1, 0.15) is 0 Å². The predicted molar refractivity (Wildman–Crippen MR) is 46.2 cm³/mol. The fraction of sp³-hybridized carbons (Fsp3) is 0.889. The van der Waals surface area contributed by atoms with Crippen molar-refractivity contribution >= 4 is 5.97 Å². The topological polar surface area (TPSA) is 44.8 Å². The van der Waals surface area contributed by atoms with Gasteiger partial charge in [-0.3, -0.25) is 0 Å². The van der Waals surface area contributed by atoms with Crippen LogP contribution in [0.3, 0.4) is 0 Å². The molecule has 13 heavy (non-hydrogen) atoms. The van der Waals surface area contributed by atoms with Gasteiger partial charge in [0.25, 0.3) is 0 Å². The lowest BCUT2D eigenvalue weighted by Gasteiger charge is -2.24. The number of hydrogen-bond donors (Lipinski definition) is 0. The molecule has 4 nitrogen and oxygen atoms in total. The van der Waals surface area contributed by atoms with Crippen molar-refractivity contribution in [3.63, 3.8) is 0 Å². The van der Waals surface area contributed by atoms with Crippen LogP contribution in [0.15, 0.2) is 0 Å². The van der Waals surface area contributed by atoms with Gasteiger partial charge in [-0.15, -0.1) is 0 Å². The van der Waals surface area contributed by atoms with Crippen molar-refractivity contribution in [3.8, 4) is 0 Å². The van der Waals surface area contributed by atoms with E-state index in [0.29, 0.717) is 0 Å². The Morgan fingerprint density at radius 2 is 2.31 bits per heavy atom. The van der Waals surface area contributed by atoms with Crippen molar-refractivity contribution in [1.29, 1.82) is 0 Å². The Morgan fingerprint density at radius 3 is 2.85 bits per heavy atom. The summed E-state index contributed by atoms with van der Waals surface area (Å²) >= 11 is 0. The monoisotopic (exact) mass is 188 g/mol. The third-order valence-corrected chi connectivity index (χ3v) is 2.03. The van der Waals surface area contributed by atoms with Crippen LogP contribution in [0.4, 0.5) is 0 Å². The molecule has 1 heterocycles. The molecular weight excluding hydrogens is 172 g/mol. The number of carbonyl (C=O) groups excluding carboxylic acids is 1. The Balaban J connectivity index is 2.25. The zero-order valence-corrected chi connectivity index (χ0v) is 8.12. The molecule has 1 rings (SSSR count). The summed E-state index contributed by atoms with van der Waals surface area (Å²) < 4.78 is 15.2. The van der Waals surface area contributed by atoms with E-state index >= 15 is 0 Å². The summed E-state index contributed by atoms with van der Waals surface area (Å²) in [4.78, 5) is 11.0. The summed E-state index contributed by atoms with van der Waals surface area (Å²) in [5.74, 6) is -0.353. The predicted octanol–water partition coefficient (Wildman–Crippen LogP) is 1.09. The molecule has 1 unspecified atom stereocenters. The summed E-state index contributed by atoms with van der Waals surface area (Å²) in [7, 11) is 1.35. The summed E-state index contributed by atoms with van der Waals surface area (Å²) in [6.45, 7) is 2.39. The van der Waals surface area contributed by atoms with Crippen LogP contribution in [-0.2, 0) is 19.0 Å². The molecule has 1 aliphatic rings. The van der Waals surface area contributed by atoms with Crippen LogP contribution in [0.2, 0.25) is 0 Å². The lowest BCUT2D eigenvalue weighted by molar-refractivity contribution is -0.199. The summed E-state index contributed by atoms with van der Waals surface area (Å²) in [5.41, 5.74) is 0. The van der Waals surface area contributed by atoms with Crippen LogP contribution < -0.4 is 0 Å². The number of methoxy groups -OCH3 is 1. The number of rotatable bonds is 3. The first kappa shape index (κ1) is 10.5. The van der Waals surface area contributed by atoms with E-state index in [2.05, 4.69) is 4.74 Å². The van der Waals surface area contributed by atoms with E-state index in [0.717, 1.165) is 25.9 Å². The molecule has 0 amide bonds.